The number of piperidine rings is 1. The van der Waals surface area contributed by atoms with Crippen LogP contribution in [0.3, 0.4) is 0 Å². The van der Waals surface area contributed by atoms with Gasteiger partial charge in [0.1, 0.15) is 12.2 Å². The third kappa shape index (κ3) is 5.84. The first kappa shape index (κ1) is 17.8. The fourth-order valence-corrected chi connectivity index (χ4v) is 3.00. The van der Waals surface area contributed by atoms with Crippen molar-refractivity contribution in [3.8, 4) is 0 Å². The van der Waals surface area contributed by atoms with Crippen molar-refractivity contribution in [2.45, 2.75) is 59.3 Å². The molecule has 0 radical (unpaired) electrons. The number of aliphatic imine (C=N–C) groups is 1. The number of hydrogen-bond acceptors (Lipinski definition) is 3. The molecule has 6 heteroatoms. The van der Waals surface area contributed by atoms with Gasteiger partial charge in [-0.15, -0.1) is 0 Å². The summed E-state index contributed by atoms with van der Waals surface area (Å²) in [7, 11) is 0. The van der Waals surface area contributed by atoms with Crippen LogP contribution in [0.5, 0.6) is 0 Å². The molecule has 1 aliphatic rings. The lowest BCUT2D eigenvalue weighted by Gasteiger charge is -2.33. The fourth-order valence-electron chi connectivity index (χ4n) is 3.00. The Balaban J connectivity index is 1.84. The molecule has 0 atom stereocenters. The topological polar surface area (TPSA) is 69.2 Å². The zero-order chi connectivity index (χ0) is 16.7. The van der Waals surface area contributed by atoms with Crippen molar-refractivity contribution in [3.05, 3.63) is 12.2 Å². The molecule has 0 aromatic carbocycles. The maximum atomic E-state index is 4.82. The molecule has 6 nitrogen and oxygen atoms in total. The van der Waals surface area contributed by atoms with Crippen LogP contribution in [0.15, 0.2) is 11.3 Å². The highest BCUT2D eigenvalue weighted by atomic mass is 15.3. The van der Waals surface area contributed by atoms with Crippen molar-refractivity contribution in [3.63, 3.8) is 0 Å². The quantitative estimate of drug-likeness (QED) is 0.497. The molecule has 1 aromatic heterocycles. The Labute approximate surface area is 140 Å². The minimum absolute atomic E-state index is 0.392. The van der Waals surface area contributed by atoms with Crippen LogP contribution >= 0.6 is 0 Å². The van der Waals surface area contributed by atoms with Crippen molar-refractivity contribution in [2.75, 3.05) is 26.2 Å². The molecule has 2 rings (SSSR count). The zero-order valence-electron chi connectivity index (χ0n) is 15.1. The van der Waals surface area contributed by atoms with Crippen LogP contribution in [-0.2, 0) is 0 Å². The highest BCUT2D eigenvalue weighted by Gasteiger charge is 2.24. The van der Waals surface area contributed by atoms with Gasteiger partial charge in [0.25, 0.3) is 0 Å². The number of guanidine groups is 1. The number of aromatic nitrogens is 3. The molecule has 130 valence electrons. The van der Waals surface area contributed by atoms with E-state index in [4.69, 9.17) is 4.99 Å². The second-order valence-corrected chi connectivity index (χ2v) is 7.53. The van der Waals surface area contributed by atoms with Gasteiger partial charge in [0.15, 0.2) is 5.96 Å². The smallest absolute Gasteiger partial charge is 0.193 e. The Morgan fingerprint density at radius 1 is 1.39 bits per heavy atom. The van der Waals surface area contributed by atoms with E-state index in [2.05, 4.69) is 53.1 Å². The van der Waals surface area contributed by atoms with Crippen LogP contribution in [0, 0.1) is 5.41 Å². The normalized spacial score (nSPS) is 17.6. The van der Waals surface area contributed by atoms with Gasteiger partial charge in [-0.3, -0.25) is 10.1 Å². The lowest BCUT2D eigenvalue weighted by atomic mass is 9.91. The SMILES string of the molecule is CCNC(=NCCCC(C)(C)C)N1CCC(c2ncn[nH]2)CC1. The summed E-state index contributed by atoms with van der Waals surface area (Å²) in [6.07, 6.45) is 6.15. The fraction of sp³-hybridized carbons (Fsp3) is 0.824. The van der Waals surface area contributed by atoms with Crippen molar-refractivity contribution in [2.24, 2.45) is 10.4 Å². The van der Waals surface area contributed by atoms with E-state index >= 15 is 0 Å². The predicted molar refractivity (Wildman–Crippen MR) is 94.6 cm³/mol. The van der Waals surface area contributed by atoms with Gasteiger partial charge in [-0.2, -0.15) is 5.10 Å². The average Bonchev–Trinajstić information content (AvgIpc) is 3.04. The number of H-pyrrole nitrogens is 1. The summed E-state index contributed by atoms with van der Waals surface area (Å²) >= 11 is 0. The number of nitrogens with zero attached hydrogens (tertiary/aromatic N) is 4. The summed E-state index contributed by atoms with van der Waals surface area (Å²) in [5.74, 6) is 2.59. The van der Waals surface area contributed by atoms with Crippen LogP contribution < -0.4 is 5.32 Å². The van der Waals surface area contributed by atoms with Crippen molar-refractivity contribution < 1.29 is 0 Å². The molecule has 0 saturated carbocycles. The van der Waals surface area contributed by atoms with E-state index in [0.717, 1.165) is 57.2 Å². The van der Waals surface area contributed by atoms with Crippen LogP contribution in [0.25, 0.3) is 0 Å². The second-order valence-electron chi connectivity index (χ2n) is 7.53. The molecule has 1 aliphatic heterocycles. The van der Waals surface area contributed by atoms with E-state index in [1.807, 2.05) is 0 Å². The van der Waals surface area contributed by atoms with E-state index in [0.29, 0.717) is 11.3 Å². The molecular weight excluding hydrogens is 288 g/mol. The number of nitrogens with one attached hydrogen (secondary N) is 2. The molecule has 0 bridgehead atoms. The van der Waals surface area contributed by atoms with E-state index < -0.39 is 0 Å². The largest absolute Gasteiger partial charge is 0.357 e. The van der Waals surface area contributed by atoms with Gasteiger partial charge in [-0.05, 0) is 38.0 Å². The highest BCUT2D eigenvalue weighted by Crippen LogP contribution is 2.25. The van der Waals surface area contributed by atoms with Crippen LogP contribution in [0.1, 0.15) is 65.1 Å². The molecular formula is C17H32N6. The first-order valence-electron chi connectivity index (χ1n) is 8.88. The van der Waals surface area contributed by atoms with E-state index in [9.17, 15) is 0 Å². The number of aromatic amines is 1. The van der Waals surface area contributed by atoms with Gasteiger partial charge in [-0.25, -0.2) is 4.98 Å². The van der Waals surface area contributed by atoms with Crippen LogP contribution in [0.2, 0.25) is 0 Å². The first-order valence-corrected chi connectivity index (χ1v) is 8.88. The van der Waals surface area contributed by atoms with Gasteiger partial charge >= 0.3 is 0 Å². The Kier molecular flexibility index (Phi) is 6.42. The minimum Gasteiger partial charge on any atom is -0.357 e. The zero-order valence-corrected chi connectivity index (χ0v) is 15.1. The summed E-state index contributed by atoms with van der Waals surface area (Å²) in [6, 6.07) is 0. The van der Waals surface area contributed by atoms with Gasteiger partial charge in [0.2, 0.25) is 0 Å². The lowest BCUT2D eigenvalue weighted by molar-refractivity contribution is 0.298. The maximum Gasteiger partial charge on any atom is 0.193 e. The van der Waals surface area contributed by atoms with Crippen molar-refractivity contribution >= 4 is 5.96 Å². The van der Waals surface area contributed by atoms with E-state index in [-0.39, 0.29) is 0 Å². The average molecular weight is 320 g/mol. The van der Waals surface area contributed by atoms with Gasteiger partial charge < -0.3 is 10.2 Å². The standard InChI is InChI=1S/C17H32N6/c1-5-18-16(19-10-6-9-17(2,3)4)23-11-7-14(8-12-23)15-20-13-21-22-15/h13-14H,5-12H2,1-4H3,(H,18,19)(H,20,21,22). The molecule has 23 heavy (non-hydrogen) atoms. The molecule has 1 saturated heterocycles. The molecule has 1 fully saturated rings. The van der Waals surface area contributed by atoms with Gasteiger partial charge in [0.05, 0.1) is 0 Å². The van der Waals surface area contributed by atoms with Crippen LogP contribution in [-0.4, -0.2) is 52.2 Å². The molecule has 0 spiro atoms. The Morgan fingerprint density at radius 3 is 2.70 bits per heavy atom. The maximum absolute atomic E-state index is 4.82. The molecule has 0 unspecified atom stereocenters. The number of rotatable bonds is 5. The molecule has 2 heterocycles. The Morgan fingerprint density at radius 2 is 2.13 bits per heavy atom. The summed E-state index contributed by atoms with van der Waals surface area (Å²) < 4.78 is 0. The molecule has 2 N–H and O–H groups in total. The van der Waals surface area contributed by atoms with Crippen LogP contribution in [0.4, 0.5) is 0 Å². The predicted octanol–water partition coefficient (Wildman–Crippen LogP) is 2.78. The monoisotopic (exact) mass is 320 g/mol. The van der Waals surface area contributed by atoms with Gasteiger partial charge in [0, 0.05) is 32.1 Å². The third-order valence-corrected chi connectivity index (χ3v) is 4.30. The third-order valence-electron chi connectivity index (χ3n) is 4.30. The molecule has 0 aliphatic carbocycles. The van der Waals surface area contributed by atoms with Crippen molar-refractivity contribution in [1.82, 2.24) is 25.4 Å². The van der Waals surface area contributed by atoms with E-state index in [1.54, 1.807) is 6.33 Å². The second kappa shape index (κ2) is 8.31. The lowest BCUT2D eigenvalue weighted by Crippen LogP contribution is -2.45. The molecule has 0 amide bonds. The highest BCUT2D eigenvalue weighted by molar-refractivity contribution is 5.80. The summed E-state index contributed by atoms with van der Waals surface area (Å²) in [4.78, 5) is 11.5. The van der Waals surface area contributed by atoms with E-state index in [1.165, 1.54) is 6.42 Å². The summed E-state index contributed by atoms with van der Waals surface area (Å²) in [5.41, 5.74) is 0.392. The number of hydrogen-bond donors (Lipinski definition) is 2. The minimum atomic E-state index is 0.392. The van der Waals surface area contributed by atoms with Gasteiger partial charge in [-0.1, -0.05) is 20.8 Å². The van der Waals surface area contributed by atoms with Crippen molar-refractivity contribution in [1.29, 1.82) is 0 Å². The Bertz CT molecular complexity index is 466. The first-order chi connectivity index (χ1) is 11.0. The Hall–Kier alpha value is -1.59. The molecule has 1 aromatic rings. The number of likely N-dealkylation sites (tertiary alicyclic amines) is 1. The summed E-state index contributed by atoms with van der Waals surface area (Å²) in [5, 5.41) is 10.4. The summed E-state index contributed by atoms with van der Waals surface area (Å²) in [6.45, 7) is 12.9.